The van der Waals surface area contributed by atoms with Crippen LogP contribution in [-0.4, -0.2) is 84.4 Å². The highest BCUT2D eigenvalue weighted by Gasteiger charge is 2.28. The Balaban J connectivity index is 1.50. The average Bonchev–Trinajstić information content (AvgIpc) is 2.63. The zero-order chi connectivity index (χ0) is 17.6. The predicted octanol–water partition coefficient (Wildman–Crippen LogP) is 1.01. The van der Waals surface area contributed by atoms with E-state index in [0.29, 0.717) is 19.2 Å². The molecule has 0 aromatic carbocycles. The highest BCUT2D eigenvalue weighted by atomic mass is 16.5. The molecule has 0 unspecified atom stereocenters. The lowest BCUT2D eigenvalue weighted by Crippen LogP contribution is -2.52. The highest BCUT2D eigenvalue weighted by molar-refractivity contribution is 5.78. The van der Waals surface area contributed by atoms with Gasteiger partial charge < -0.3 is 14.5 Å². The maximum Gasteiger partial charge on any atom is 0.236 e. The van der Waals surface area contributed by atoms with Gasteiger partial charge in [-0.2, -0.15) is 5.10 Å². The number of carbonyl (C=O) groups excluding carboxylic acids is 1. The van der Waals surface area contributed by atoms with E-state index < -0.39 is 0 Å². The number of rotatable bonds is 5. The summed E-state index contributed by atoms with van der Waals surface area (Å²) in [6, 6.07) is 4.20. The number of morpholine rings is 1. The SMILES string of the molecule is C[C@@H]1CCCCN1C(=O)CN1CCO[C@@H](CN(C)c2cccnn2)C1. The molecule has 0 aliphatic carbocycles. The molecule has 2 fully saturated rings. The van der Waals surface area contributed by atoms with Crippen molar-refractivity contribution in [3.63, 3.8) is 0 Å². The van der Waals surface area contributed by atoms with Crippen LogP contribution in [0.25, 0.3) is 0 Å². The van der Waals surface area contributed by atoms with E-state index in [0.717, 1.165) is 44.8 Å². The first kappa shape index (κ1) is 18.1. The lowest BCUT2D eigenvalue weighted by molar-refractivity contribution is -0.137. The van der Waals surface area contributed by atoms with Crippen molar-refractivity contribution in [3.05, 3.63) is 18.3 Å². The molecule has 2 aliphatic heterocycles. The Morgan fingerprint density at radius 3 is 3.04 bits per heavy atom. The van der Waals surface area contributed by atoms with Crippen molar-refractivity contribution >= 4 is 11.7 Å². The zero-order valence-corrected chi connectivity index (χ0v) is 15.3. The molecule has 0 saturated carbocycles. The Kier molecular flexibility index (Phi) is 6.20. The summed E-state index contributed by atoms with van der Waals surface area (Å²) in [6.07, 6.45) is 5.24. The molecule has 1 aromatic rings. The van der Waals surface area contributed by atoms with Crippen LogP contribution in [0.15, 0.2) is 18.3 Å². The van der Waals surface area contributed by atoms with Crippen molar-refractivity contribution < 1.29 is 9.53 Å². The number of aromatic nitrogens is 2. The summed E-state index contributed by atoms with van der Waals surface area (Å²) in [5.74, 6) is 1.09. The second-order valence-electron chi connectivity index (χ2n) is 7.12. The minimum Gasteiger partial charge on any atom is -0.374 e. The van der Waals surface area contributed by atoms with E-state index in [1.165, 1.54) is 6.42 Å². The normalized spacial score (nSPS) is 25.0. The van der Waals surface area contributed by atoms with Crippen LogP contribution in [0.5, 0.6) is 0 Å². The number of piperidine rings is 1. The van der Waals surface area contributed by atoms with Gasteiger partial charge in [-0.05, 0) is 38.3 Å². The Morgan fingerprint density at radius 2 is 2.28 bits per heavy atom. The summed E-state index contributed by atoms with van der Waals surface area (Å²) in [5, 5.41) is 8.05. The first-order valence-corrected chi connectivity index (χ1v) is 9.26. The molecule has 2 aliphatic rings. The van der Waals surface area contributed by atoms with Crippen LogP contribution < -0.4 is 4.90 Å². The molecule has 0 bridgehead atoms. The number of amides is 1. The van der Waals surface area contributed by atoms with Crippen LogP contribution in [0.4, 0.5) is 5.82 Å². The second kappa shape index (κ2) is 8.58. The van der Waals surface area contributed by atoms with Crippen molar-refractivity contribution in [3.8, 4) is 0 Å². The van der Waals surface area contributed by atoms with Gasteiger partial charge >= 0.3 is 0 Å². The minimum absolute atomic E-state index is 0.0762. The topological polar surface area (TPSA) is 61.8 Å². The number of likely N-dealkylation sites (tertiary alicyclic amines) is 1. The summed E-state index contributed by atoms with van der Waals surface area (Å²) in [5.41, 5.74) is 0. The first-order chi connectivity index (χ1) is 12.1. The van der Waals surface area contributed by atoms with Crippen molar-refractivity contribution in [2.45, 2.75) is 38.3 Å². The van der Waals surface area contributed by atoms with Gasteiger partial charge in [0.05, 0.1) is 19.3 Å². The van der Waals surface area contributed by atoms with Crippen molar-refractivity contribution in [1.29, 1.82) is 0 Å². The molecular formula is C18H29N5O2. The number of carbonyl (C=O) groups is 1. The second-order valence-corrected chi connectivity index (χ2v) is 7.12. The fourth-order valence-electron chi connectivity index (χ4n) is 3.68. The van der Waals surface area contributed by atoms with Crippen molar-refractivity contribution in [2.75, 3.05) is 51.3 Å². The molecule has 2 saturated heterocycles. The molecule has 7 nitrogen and oxygen atoms in total. The van der Waals surface area contributed by atoms with Crippen molar-refractivity contribution in [1.82, 2.24) is 20.0 Å². The number of anilines is 1. The summed E-state index contributed by atoms with van der Waals surface area (Å²) >= 11 is 0. The summed E-state index contributed by atoms with van der Waals surface area (Å²) in [6.45, 7) is 6.57. The van der Waals surface area contributed by atoms with Gasteiger partial charge in [-0.1, -0.05) is 0 Å². The van der Waals surface area contributed by atoms with Crippen LogP contribution in [-0.2, 0) is 9.53 Å². The van der Waals surface area contributed by atoms with Gasteiger partial charge in [0.1, 0.15) is 0 Å². The van der Waals surface area contributed by atoms with Gasteiger partial charge in [0.2, 0.25) is 5.91 Å². The Hall–Kier alpha value is -1.73. The zero-order valence-electron chi connectivity index (χ0n) is 15.3. The molecule has 25 heavy (non-hydrogen) atoms. The molecule has 0 spiro atoms. The molecule has 7 heteroatoms. The van der Waals surface area contributed by atoms with Gasteiger partial charge in [-0.15, -0.1) is 5.10 Å². The molecule has 2 atom stereocenters. The largest absolute Gasteiger partial charge is 0.374 e. The molecule has 3 rings (SSSR count). The van der Waals surface area contributed by atoms with Gasteiger partial charge in [0, 0.05) is 45.5 Å². The summed E-state index contributed by atoms with van der Waals surface area (Å²) in [4.78, 5) is 19.0. The van der Waals surface area contributed by atoms with Gasteiger partial charge in [-0.25, -0.2) is 0 Å². The maximum atomic E-state index is 12.6. The van der Waals surface area contributed by atoms with E-state index in [-0.39, 0.29) is 12.0 Å². The average molecular weight is 347 g/mol. The number of hydrogen-bond donors (Lipinski definition) is 0. The molecule has 0 N–H and O–H groups in total. The Bertz CT molecular complexity index is 556. The van der Waals surface area contributed by atoms with E-state index in [9.17, 15) is 4.79 Å². The third-order valence-corrected chi connectivity index (χ3v) is 5.13. The summed E-state index contributed by atoms with van der Waals surface area (Å²) in [7, 11) is 1.99. The maximum absolute atomic E-state index is 12.6. The molecule has 138 valence electrons. The lowest BCUT2D eigenvalue weighted by Gasteiger charge is -2.38. The quantitative estimate of drug-likeness (QED) is 0.792. The van der Waals surface area contributed by atoms with Crippen LogP contribution in [0.2, 0.25) is 0 Å². The number of hydrogen-bond acceptors (Lipinski definition) is 6. The minimum atomic E-state index is 0.0762. The third-order valence-electron chi connectivity index (χ3n) is 5.13. The third kappa shape index (κ3) is 4.89. The molecular weight excluding hydrogens is 318 g/mol. The van der Waals surface area contributed by atoms with Crippen LogP contribution in [0.1, 0.15) is 26.2 Å². The van der Waals surface area contributed by atoms with Crippen LogP contribution in [0.3, 0.4) is 0 Å². The number of nitrogens with zero attached hydrogens (tertiary/aromatic N) is 5. The van der Waals surface area contributed by atoms with Crippen LogP contribution in [0, 0.1) is 0 Å². The van der Waals surface area contributed by atoms with E-state index in [4.69, 9.17) is 4.74 Å². The van der Waals surface area contributed by atoms with Gasteiger partial charge in [0.15, 0.2) is 5.82 Å². The number of likely N-dealkylation sites (N-methyl/N-ethyl adjacent to an activating group) is 1. The standard InChI is InChI=1S/C18H29N5O2/c1-15-6-3-4-9-23(15)18(24)14-22-10-11-25-16(13-22)12-21(2)17-7-5-8-19-20-17/h5,7-8,15-16H,3-4,6,9-14H2,1-2H3/t15-,16+/m1/s1. The molecule has 3 heterocycles. The molecule has 1 aromatic heterocycles. The van der Waals surface area contributed by atoms with E-state index in [2.05, 4.69) is 31.8 Å². The Morgan fingerprint density at radius 1 is 1.40 bits per heavy atom. The first-order valence-electron chi connectivity index (χ1n) is 9.26. The van der Waals surface area contributed by atoms with E-state index in [1.54, 1.807) is 6.20 Å². The summed E-state index contributed by atoms with van der Waals surface area (Å²) < 4.78 is 5.89. The van der Waals surface area contributed by atoms with Gasteiger partial charge in [0.25, 0.3) is 0 Å². The fourth-order valence-corrected chi connectivity index (χ4v) is 3.68. The fraction of sp³-hybridized carbons (Fsp3) is 0.722. The predicted molar refractivity (Wildman–Crippen MR) is 96.5 cm³/mol. The van der Waals surface area contributed by atoms with Gasteiger partial charge in [-0.3, -0.25) is 9.69 Å². The lowest BCUT2D eigenvalue weighted by atomic mass is 10.0. The molecule has 1 amide bonds. The highest BCUT2D eigenvalue weighted by Crippen LogP contribution is 2.17. The molecule has 0 radical (unpaired) electrons. The van der Waals surface area contributed by atoms with E-state index >= 15 is 0 Å². The van der Waals surface area contributed by atoms with Crippen molar-refractivity contribution in [2.24, 2.45) is 0 Å². The van der Waals surface area contributed by atoms with E-state index in [1.807, 2.05) is 19.2 Å². The Labute approximate surface area is 149 Å². The van der Waals surface area contributed by atoms with Crippen LogP contribution >= 0.6 is 0 Å². The smallest absolute Gasteiger partial charge is 0.236 e. The monoisotopic (exact) mass is 347 g/mol. The number of ether oxygens (including phenoxy) is 1.